The molecule has 0 aliphatic heterocycles. The van der Waals surface area contributed by atoms with Crippen molar-refractivity contribution in [3.63, 3.8) is 0 Å². The molecular weight excluding hydrogens is 395 g/mol. The van der Waals surface area contributed by atoms with Crippen LogP contribution < -0.4 is 0 Å². The van der Waals surface area contributed by atoms with Crippen LogP contribution in [0.3, 0.4) is 0 Å². The summed E-state index contributed by atoms with van der Waals surface area (Å²) in [4.78, 5) is 4.86. The standard InChI is InChI=1S/C18H13BrCl2N2/c19-8-3-9-23-15-5-2-1-4-12(15)17-18(23)16(21)13-10-11(20)6-7-14(13)22-17/h1-2,4-7,10H,3,8-9H2. The molecule has 4 aromatic rings. The maximum atomic E-state index is 6.77. The van der Waals surface area contributed by atoms with E-state index in [1.54, 1.807) is 0 Å². The zero-order chi connectivity index (χ0) is 16.0. The Morgan fingerprint density at radius 1 is 1.04 bits per heavy atom. The molecule has 0 saturated carbocycles. The van der Waals surface area contributed by atoms with Crippen molar-refractivity contribution in [1.29, 1.82) is 0 Å². The van der Waals surface area contributed by atoms with E-state index in [9.17, 15) is 0 Å². The summed E-state index contributed by atoms with van der Waals surface area (Å²) in [7, 11) is 0. The normalized spacial score (nSPS) is 11.8. The Labute approximate surface area is 152 Å². The minimum atomic E-state index is 0.670. The molecule has 0 aliphatic carbocycles. The van der Waals surface area contributed by atoms with Crippen LogP contribution in [0.2, 0.25) is 10.0 Å². The molecule has 4 rings (SSSR count). The lowest BCUT2D eigenvalue weighted by Gasteiger charge is -2.09. The number of aromatic nitrogens is 2. The molecule has 5 heteroatoms. The average molecular weight is 408 g/mol. The largest absolute Gasteiger partial charge is 0.338 e. The van der Waals surface area contributed by atoms with Crippen molar-refractivity contribution >= 4 is 72.0 Å². The highest BCUT2D eigenvalue weighted by Crippen LogP contribution is 2.37. The first-order valence-electron chi connectivity index (χ1n) is 7.42. The first-order valence-corrected chi connectivity index (χ1v) is 9.30. The zero-order valence-electron chi connectivity index (χ0n) is 12.2. The lowest BCUT2D eigenvalue weighted by atomic mass is 10.2. The Hall–Kier alpha value is -1.29. The highest BCUT2D eigenvalue weighted by atomic mass is 79.9. The van der Waals surface area contributed by atoms with Gasteiger partial charge in [0, 0.05) is 27.7 Å². The van der Waals surface area contributed by atoms with E-state index in [4.69, 9.17) is 28.2 Å². The van der Waals surface area contributed by atoms with E-state index in [1.165, 1.54) is 5.52 Å². The Bertz CT molecular complexity index is 1040. The van der Waals surface area contributed by atoms with Gasteiger partial charge in [-0.25, -0.2) is 4.98 Å². The third-order valence-corrected chi connectivity index (χ3v) is 5.27. The van der Waals surface area contributed by atoms with E-state index in [-0.39, 0.29) is 0 Å². The number of halogens is 3. The van der Waals surface area contributed by atoms with Crippen molar-refractivity contribution in [3.8, 4) is 0 Å². The molecule has 0 radical (unpaired) electrons. The molecule has 0 atom stereocenters. The van der Waals surface area contributed by atoms with Gasteiger partial charge in [-0.05, 0) is 30.7 Å². The number of para-hydroxylation sites is 1. The fourth-order valence-corrected chi connectivity index (χ4v) is 3.87. The molecule has 0 spiro atoms. The summed E-state index contributed by atoms with van der Waals surface area (Å²) in [6, 6.07) is 14.0. The highest BCUT2D eigenvalue weighted by Gasteiger charge is 2.17. The van der Waals surface area contributed by atoms with Crippen molar-refractivity contribution in [3.05, 3.63) is 52.5 Å². The van der Waals surface area contributed by atoms with Gasteiger partial charge in [0.2, 0.25) is 0 Å². The Balaban J connectivity index is 2.18. The van der Waals surface area contributed by atoms with E-state index in [0.717, 1.165) is 50.6 Å². The van der Waals surface area contributed by atoms with Crippen LogP contribution in [0, 0.1) is 0 Å². The second-order valence-corrected chi connectivity index (χ2v) is 7.10. The molecule has 0 amide bonds. The summed E-state index contributed by atoms with van der Waals surface area (Å²) < 4.78 is 2.27. The number of alkyl halides is 1. The number of benzene rings is 2. The summed E-state index contributed by atoms with van der Waals surface area (Å²) in [5.74, 6) is 0. The predicted octanol–water partition coefficient (Wildman–Crippen LogP) is 6.43. The molecule has 2 nitrogen and oxygen atoms in total. The maximum absolute atomic E-state index is 6.77. The summed E-state index contributed by atoms with van der Waals surface area (Å²) in [5.41, 5.74) is 3.98. The lowest BCUT2D eigenvalue weighted by molar-refractivity contribution is 0.732. The van der Waals surface area contributed by atoms with Crippen LogP contribution in [-0.2, 0) is 6.54 Å². The predicted molar refractivity (Wildman–Crippen MR) is 103 cm³/mol. The topological polar surface area (TPSA) is 17.8 Å². The Kier molecular flexibility index (Phi) is 3.96. The van der Waals surface area contributed by atoms with Crippen LogP contribution in [-0.4, -0.2) is 14.9 Å². The quantitative estimate of drug-likeness (QED) is 0.357. The van der Waals surface area contributed by atoms with Gasteiger partial charge >= 0.3 is 0 Å². The van der Waals surface area contributed by atoms with Crippen molar-refractivity contribution in [1.82, 2.24) is 9.55 Å². The maximum Gasteiger partial charge on any atom is 0.0982 e. The number of pyridine rings is 1. The van der Waals surface area contributed by atoms with E-state index >= 15 is 0 Å². The number of rotatable bonds is 3. The Morgan fingerprint density at radius 3 is 2.70 bits per heavy atom. The van der Waals surface area contributed by atoms with Crippen LogP contribution in [0.1, 0.15) is 6.42 Å². The molecule has 0 N–H and O–H groups in total. The fraction of sp³-hybridized carbons (Fsp3) is 0.167. The smallest absolute Gasteiger partial charge is 0.0982 e. The van der Waals surface area contributed by atoms with E-state index in [0.29, 0.717) is 5.02 Å². The SMILES string of the molecule is Clc1ccc2nc3c4ccccc4n(CCCBr)c3c(Cl)c2c1. The molecule has 0 fully saturated rings. The second kappa shape index (κ2) is 5.97. The van der Waals surface area contributed by atoms with Gasteiger partial charge in [-0.1, -0.05) is 57.3 Å². The first-order chi connectivity index (χ1) is 11.2. The Morgan fingerprint density at radius 2 is 1.87 bits per heavy atom. The molecule has 2 aromatic heterocycles. The summed E-state index contributed by atoms with van der Waals surface area (Å²) in [6.45, 7) is 0.892. The number of hydrogen-bond donors (Lipinski definition) is 0. The van der Waals surface area contributed by atoms with Crippen LogP contribution in [0.25, 0.3) is 32.8 Å². The van der Waals surface area contributed by atoms with Crippen molar-refractivity contribution in [2.45, 2.75) is 13.0 Å². The van der Waals surface area contributed by atoms with Gasteiger partial charge in [0.05, 0.1) is 27.1 Å². The molecule has 0 bridgehead atoms. The summed E-state index contributed by atoms with van der Waals surface area (Å²) >= 11 is 16.4. The first kappa shape index (κ1) is 15.3. The third kappa shape index (κ3) is 2.42. The molecule has 2 heterocycles. The molecule has 0 aliphatic rings. The molecule has 0 unspecified atom stereocenters. The zero-order valence-corrected chi connectivity index (χ0v) is 15.3. The summed E-state index contributed by atoms with van der Waals surface area (Å²) in [6.07, 6.45) is 1.03. The molecular formula is C18H13BrCl2N2. The lowest BCUT2D eigenvalue weighted by Crippen LogP contribution is -1.99. The van der Waals surface area contributed by atoms with Gasteiger partial charge in [-0.2, -0.15) is 0 Å². The van der Waals surface area contributed by atoms with Gasteiger partial charge in [-0.15, -0.1) is 0 Å². The van der Waals surface area contributed by atoms with Gasteiger partial charge < -0.3 is 4.57 Å². The number of hydrogen-bond acceptors (Lipinski definition) is 1. The van der Waals surface area contributed by atoms with Gasteiger partial charge in [-0.3, -0.25) is 0 Å². The van der Waals surface area contributed by atoms with Crippen LogP contribution in [0.15, 0.2) is 42.5 Å². The van der Waals surface area contributed by atoms with E-state index in [2.05, 4.69) is 38.7 Å². The van der Waals surface area contributed by atoms with Crippen LogP contribution >= 0.6 is 39.1 Å². The molecule has 2 aromatic carbocycles. The van der Waals surface area contributed by atoms with Crippen LogP contribution in [0.4, 0.5) is 0 Å². The minimum absolute atomic E-state index is 0.670. The minimum Gasteiger partial charge on any atom is -0.338 e. The second-order valence-electron chi connectivity index (χ2n) is 5.50. The molecule has 23 heavy (non-hydrogen) atoms. The monoisotopic (exact) mass is 406 g/mol. The third-order valence-electron chi connectivity index (χ3n) is 4.09. The van der Waals surface area contributed by atoms with Gasteiger partial charge in [0.15, 0.2) is 0 Å². The fourth-order valence-electron chi connectivity index (χ4n) is 3.10. The van der Waals surface area contributed by atoms with Crippen molar-refractivity contribution in [2.24, 2.45) is 0 Å². The van der Waals surface area contributed by atoms with E-state index in [1.807, 2.05) is 24.3 Å². The number of aryl methyl sites for hydroxylation is 1. The highest BCUT2D eigenvalue weighted by molar-refractivity contribution is 9.09. The van der Waals surface area contributed by atoms with Crippen molar-refractivity contribution < 1.29 is 0 Å². The number of fused-ring (bicyclic) bond motifs is 4. The summed E-state index contributed by atoms with van der Waals surface area (Å²) in [5, 5.41) is 4.37. The number of nitrogens with zero attached hydrogens (tertiary/aromatic N) is 2. The molecule has 116 valence electrons. The van der Waals surface area contributed by atoms with Crippen molar-refractivity contribution in [2.75, 3.05) is 5.33 Å². The van der Waals surface area contributed by atoms with E-state index < -0.39 is 0 Å². The molecule has 0 saturated heterocycles. The van der Waals surface area contributed by atoms with Gasteiger partial charge in [0.25, 0.3) is 0 Å². The van der Waals surface area contributed by atoms with Crippen LogP contribution in [0.5, 0.6) is 0 Å². The van der Waals surface area contributed by atoms with Gasteiger partial charge in [0.1, 0.15) is 0 Å². The average Bonchev–Trinajstić information content (AvgIpc) is 2.88.